The molecule has 6 nitrogen and oxygen atoms in total. The van der Waals surface area contributed by atoms with Gasteiger partial charge in [-0.05, 0) is 6.92 Å². The normalized spacial score (nSPS) is 10.6. The van der Waals surface area contributed by atoms with Gasteiger partial charge in [0.25, 0.3) is 5.78 Å². The first-order valence-electron chi connectivity index (χ1n) is 5.24. The van der Waals surface area contributed by atoms with Crippen LogP contribution < -0.4 is 4.74 Å². The van der Waals surface area contributed by atoms with E-state index < -0.39 is 11.8 Å². The molecule has 1 N–H and O–H groups in total. The van der Waals surface area contributed by atoms with Gasteiger partial charge in [-0.3, -0.25) is 9.78 Å². The van der Waals surface area contributed by atoms with Crippen molar-refractivity contribution in [2.45, 2.75) is 6.92 Å². The maximum Gasteiger partial charge on any atom is 0.377 e. The molecule has 6 heteroatoms. The van der Waals surface area contributed by atoms with Crippen molar-refractivity contribution in [1.82, 2.24) is 9.55 Å². The van der Waals surface area contributed by atoms with Crippen molar-refractivity contribution in [2.75, 3.05) is 7.11 Å². The second kappa shape index (κ2) is 4.14. The van der Waals surface area contributed by atoms with Crippen molar-refractivity contribution in [3.8, 4) is 5.75 Å². The van der Waals surface area contributed by atoms with Gasteiger partial charge in [0.15, 0.2) is 0 Å². The third kappa shape index (κ3) is 1.54. The summed E-state index contributed by atoms with van der Waals surface area (Å²) in [7, 11) is 3.25. The molecule has 0 amide bonds. The molecule has 0 aliphatic carbocycles. The minimum atomic E-state index is -1.49. The van der Waals surface area contributed by atoms with Gasteiger partial charge in [-0.25, -0.2) is 4.79 Å². The summed E-state index contributed by atoms with van der Waals surface area (Å²) >= 11 is 0. The van der Waals surface area contributed by atoms with E-state index in [4.69, 9.17) is 9.84 Å². The third-order valence-corrected chi connectivity index (χ3v) is 2.97. The molecule has 0 bridgehead atoms. The second-order valence-electron chi connectivity index (χ2n) is 3.86. The summed E-state index contributed by atoms with van der Waals surface area (Å²) in [5, 5.41) is 8.84. The maximum atomic E-state index is 11.7. The number of rotatable bonds is 3. The Labute approximate surface area is 103 Å². The molecule has 2 rings (SSSR count). The Morgan fingerprint density at radius 1 is 1.44 bits per heavy atom. The number of aromatic nitrogens is 2. The number of fused-ring (bicyclic) bond motifs is 1. The monoisotopic (exact) mass is 248 g/mol. The van der Waals surface area contributed by atoms with Crippen LogP contribution >= 0.6 is 0 Å². The van der Waals surface area contributed by atoms with Gasteiger partial charge in [0, 0.05) is 25.0 Å². The van der Waals surface area contributed by atoms with E-state index in [1.165, 1.54) is 13.3 Å². The number of pyridine rings is 1. The van der Waals surface area contributed by atoms with E-state index in [0.717, 1.165) is 0 Å². The molecule has 0 radical (unpaired) electrons. The molecule has 0 aliphatic rings. The molecule has 0 fully saturated rings. The van der Waals surface area contributed by atoms with Crippen LogP contribution in [-0.4, -0.2) is 33.5 Å². The standard InChI is InChI=1S/C12H12N2O4/c1-6-8(11(15)12(16)17)9-10(14(6)2)7(18-3)4-5-13-9/h4-5H,1-3H3,(H,16,17). The molecule has 0 saturated carbocycles. The minimum absolute atomic E-state index is 0.110. The summed E-state index contributed by atoms with van der Waals surface area (Å²) in [6.45, 7) is 1.68. The van der Waals surface area contributed by atoms with E-state index in [1.807, 2.05) is 0 Å². The highest BCUT2D eigenvalue weighted by Gasteiger charge is 2.26. The Kier molecular flexibility index (Phi) is 2.78. The predicted octanol–water partition coefficient (Wildman–Crippen LogP) is 1.16. The smallest absolute Gasteiger partial charge is 0.377 e. The molecule has 0 spiro atoms. The molecule has 0 aromatic carbocycles. The Hall–Kier alpha value is -2.37. The highest BCUT2D eigenvalue weighted by molar-refractivity contribution is 6.42. The van der Waals surface area contributed by atoms with Crippen LogP contribution in [0.15, 0.2) is 12.3 Å². The fourth-order valence-electron chi connectivity index (χ4n) is 1.99. The van der Waals surface area contributed by atoms with Gasteiger partial charge in [0.1, 0.15) is 16.8 Å². The number of carboxylic acid groups (broad SMARTS) is 1. The second-order valence-corrected chi connectivity index (χ2v) is 3.86. The molecule has 2 aromatic rings. The first-order chi connectivity index (χ1) is 8.49. The average Bonchev–Trinajstić information content (AvgIpc) is 2.61. The van der Waals surface area contributed by atoms with E-state index in [1.54, 1.807) is 24.6 Å². The van der Waals surface area contributed by atoms with Gasteiger partial charge in [-0.2, -0.15) is 0 Å². The topological polar surface area (TPSA) is 81.4 Å². The van der Waals surface area contributed by atoms with Gasteiger partial charge in [0.05, 0.1) is 12.7 Å². The number of Topliss-reactive ketones (excluding diaryl/α,β-unsaturated/α-hetero) is 1. The van der Waals surface area contributed by atoms with Crippen molar-refractivity contribution >= 4 is 22.8 Å². The first kappa shape index (κ1) is 12.1. The fourth-order valence-corrected chi connectivity index (χ4v) is 1.99. The zero-order chi connectivity index (χ0) is 13.4. The Bertz CT molecular complexity index is 658. The molecule has 0 saturated heterocycles. The lowest BCUT2D eigenvalue weighted by atomic mass is 10.1. The maximum absolute atomic E-state index is 11.7. The van der Waals surface area contributed by atoms with E-state index >= 15 is 0 Å². The van der Waals surface area contributed by atoms with Crippen molar-refractivity contribution in [2.24, 2.45) is 7.05 Å². The van der Waals surface area contributed by atoms with E-state index in [-0.39, 0.29) is 5.56 Å². The molecule has 2 aromatic heterocycles. The lowest BCUT2D eigenvalue weighted by Crippen LogP contribution is -2.14. The highest BCUT2D eigenvalue weighted by Crippen LogP contribution is 2.30. The summed E-state index contributed by atoms with van der Waals surface area (Å²) in [5.41, 5.74) is 1.62. The number of carboxylic acids is 1. The molecular weight excluding hydrogens is 236 g/mol. The molecule has 0 unspecified atom stereocenters. The largest absolute Gasteiger partial charge is 0.494 e. The number of methoxy groups -OCH3 is 1. The number of ether oxygens (including phenoxy) is 1. The fraction of sp³-hybridized carbons (Fsp3) is 0.250. The van der Waals surface area contributed by atoms with E-state index in [9.17, 15) is 9.59 Å². The van der Waals surface area contributed by atoms with Crippen LogP contribution in [0, 0.1) is 6.92 Å². The third-order valence-electron chi connectivity index (χ3n) is 2.97. The number of nitrogens with zero attached hydrogens (tertiary/aromatic N) is 2. The van der Waals surface area contributed by atoms with Crippen molar-refractivity contribution < 1.29 is 19.4 Å². The number of carbonyl (C=O) groups excluding carboxylic acids is 1. The number of ketones is 1. The van der Waals surface area contributed by atoms with E-state index in [2.05, 4.69) is 4.98 Å². The molecule has 94 valence electrons. The number of aliphatic carboxylic acids is 1. The predicted molar refractivity (Wildman–Crippen MR) is 64.0 cm³/mol. The quantitative estimate of drug-likeness (QED) is 0.651. The number of carbonyl (C=O) groups is 2. The molecule has 0 atom stereocenters. The first-order valence-corrected chi connectivity index (χ1v) is 5.24. The Morgan fingerprint density at radius 3 is 2.67 bits per heavy atom. The summed E-state index contributed by atoms with van der Waals surface area (Å²) in [6, 6.07) is 1.66. The number of aryl methyl sites for hydroxylation is 1. The summed E-state index contributed by atoms with van der Waals surface area (Å²) in [6.07, 6.45) is 1.49. The molecule has 2 heterocycles. The van der Waals surface area contributed by atoms with Crippen LogP contribution in [0.25, 0.3) is 11.0 Å². The van der Waals surface area contributed by atoms with Gasteiger partial charge in [0.2, 0.25) is 0 Å². The Morgan fingerprint density at radius 2 is 2.11 bits per heavy atom. The molecule has 0 aliphatic heterocycles. The van der Waals surface area contributed by atoms with Gasteiger partial charge in [-0.15, -0.1) is 0 Å². The summed E-state index contributed by atoms with van der Waals surface area (Å²) < 4.78 is 6.90. The van der Waals surface area contributed by atoms with Crippen LogP contribution in [0.5, 0.6) is 5.75 Å². The molecule has 18 heavy (non-hydrogen) atoms. The van der Waals surface area contributed by atoms with Crippen LogP contribution in [0.3, 0.4) is 0 Å². The van der Waals surface area contributed by atoms with Crippen LogP contribution in [-0.2, 0) is 11.8 Å². The molecular formula is C12H12N2O4. The van der Waals surface area contributed by atoms with Crippen LogP contribution in [0.4, 0.5) is 0 Å². The van der Waals surface area contributed by atoms with E-state index in [0.29, 0.717) is 22.5 Å². The Balaban J connectivity index is 2.88. The summed E-state index contributed by atoms with van der Waals surface area (Å²) in [5.74, 6) is -1.90. The summed E-state index contributed by atoms with van der Waals surface area (Å²) in [4.78, 5) is 26.6. The minimum Gasteiger partial charge on any atom is -0.494 e. The highest BCUT2D eigenvalue weighted by atomic mass is 16.5. The van der Waals surface area contributed by atoms with Gasteiger partial charge in [-0.1, -0.05) is 0 Å². The number of hydrogen-bond acceptors (Lipinski definition) is 4. The number of hydrogen-bond donors (Lipinski definition) is 1. The zero-order valence-electron chi connectivity index (χ0n) is 10.2. The lowest BCUT2D eigenvalue weighted by molar-refractivity contribution is -0.131. The van der Waals surface area contributed by atoms with Crippen LogP contribution in [0.2, 0.25) is 0 Å². The van der Waals surface area contributed by atoms with Gasteiger partial charge >= 0.3 is 5.97 Å². The SMILES string of the molecule is COc1ccnc2c(C(=O)C(=O)O)c(C)n(C)c12. The van der Waals surface area contributed by atoms with Crippen molar-refractivity contribution in [3.05, 3.63) is 23.5 Å². The zero-order valence-corrected chi connectivity index (χ0v) is 10.2. The average molecular weight is 248 g/mol. The van der Waals surface area contributed by atoms with Crippen LogP contribution in [0.1, 0.15) is 16.1 Å². The van der Waals surface area contributed by atoms with Crippen molar-refractivity contribution in [3.63, 3.8) is 0 Å². The lowest BCUT2D eigenvalue weighted by Gasteiger charge is -2.03. The van der Waals surface area contributed by atoms with Crippen molar-refractivity contribution in [1.29, 1.82) is 0 Å². The van der Waals surface area contributed by atoms with Gasteiger partial charge < -0.3 is 14.4 Å².